The van der Waals surface area contributed by atoms with Gasteiger partial charge in [-0.25, -0.2) is 4.98 Å². The van der Waals surface area contributed by atoms with E-state index in [9.17, 15) is 5.11 Å². The molecule has 1 N–H and O–H groups in total. The second-order valence-electron chi connectivity index (χ2n) is 7.86. The Balaban J connectivity index is 1.40. The van der Waals surface area contributed by atoms with Crippen LogP contribution in [0.25, 0.3) is 0 Å². The largest absolute Gasteiger partial charge is 0.477 e. The maximum atomic E-state index is 9.76. The lowest BCUT2D eigenvalue weighted by atomic mass is 9.83. The molecule has 2 fully saturated rings. The topological polar surface area (TPSA) is 68.1 Å². The molecular formula is C21H27N3O2. The van der Waals surface area contributed by atoms with Crippen molar-refractivity contribution in [2.75, 3.05) is 6.61 Å². The smallest absolute Gasteiger partial charge is 0.220 e. The van der Waals surface area contributed by atoms with Gasteiger partial charge in [0.1, 0.15) is 5.82 Å². The highest BCUT2D eigenvalue weighted by Gasteiger charge is 2.40. The number of pyridine rings is 1. The van der Waals surface area contributed by atoms with E-state index in [1.165, 1.54) is 11.3 Å². The molecule has 2 aromatic rings. The van der Waals surface area contributed by atoms with Gasteiger partial charge in [-0.05, 0) is 63.5 Å². The predicted octanol–water partition coefficient (Wildman–Crippen LogP) is 3.69. The second kappa shape index (κ2) is 7.31. The first-order valence-electron chi connectivity index (χ1n) is 9.67. The summed E-state index contributed by atoms with van der Waals surface area (Å²) in [5.41, 5.74) is 3.47. The van der Waals surface area contributed by atoms with Gasteiger partial charge in [-0.3, -0.25) is 4.98 Å². The van der Waals surface area contributed by atoms with Crippen LogP contribution in [0.5, 0.6) is 5.88 Å². The lowest BCUT2D eigenvalue weighted by molar-refractivity contribution is 0.121. The Labute approximate surface area is 154 Å². The van der Waals surface area contributed by atoms with Crippen LogP contribution >= 0.6 is 0 Å². The molecule has 0 bridgehead atoms. The van der Waals surface area contributed by atoms with Crippen LogP contribution in [0.15, 0.2) is 24.5 Å². The molecule has 2 aromatic heterocycles. The molecule has 26 heavy (non-hydrogen) atoms. The zero-order valence-corrected chi connectivity index (χ0v) is 15.6. The van der Waals surface area contributed by atoms with Gasteiger partial charge in [0.15, 0.2) is 0 Å². The molecule has 2 atom stereocenters. The lowest BCUT2D eigenvalue weighted by Gasteiger charge is -2.26. The van der Waals surface area contributed by atoms with E-state index in [0.29, 0.717) is 24.4 Å². The summed E-state index contributed by atoms with van der Waals surface area (Å²) in [6.07, 6.45) is 8.48. The van der Waals surface area contributed by atoms with Gasteiger partial charge in [-0.15, -0.1) is 0 Å². The normalized spacial score (nSPS) is 28.0. The number of rotatable bonds is 5. The summed E-state index contributed by atoms with van der Waals surface area (Å²) in [7, 11) is 0. The van der Waals surface area contributed by atoms with E-state index in [-0.39, 0.29) is 6.10 Å². The molecule has 0 aliphatic heterocycles. The number of aliphatic hydroxyl groups is 1. The molecule has 2 saturated carbocycles. The standard InChI is InChI=1S/C21H27N3O2/c1-13-3-8-20(23-10-13)18-9-16(18)12-26-21-19(11-22-14(2)24-21)15-4-6-17(25)7-5-15/h3,8,10-11,15-18,25H,4-7,9,12H2,1-2H3/t15-,16-,17-,18+/m1/s1. The van der Waals surface area contributed by atoms with E-state index in [1.54, 1.807) is 0 Å². The molecule has 2 heterocycles. The maximum Gasteiger partial charge on any atom is 0.220 e. The minimum absolute atomic E-state index is 0.156. The van der Waals surface area contributed by atoms with Gasteiger partial charge in [0.2, 0.25) is 5.88 Å². The van der Waals surface area contributed by atoms with Gasteiger partial charge in [0.05, 0.1) is 12.7 Å². The second-order valence-corrected chi connectivity index (χ2v) is 7.86. The Morgan fingerprint density at radius 3 is 2.62 bits per heavy atom. The molecule has 138 valence electrons. The summed E-state index contributed by atoms with van der Waals surface area (Å²) in [5.74, 6) is 2.89. The third kappa shape index (κ3) is 3.88. The van der Waals surface area contributed by atoms with Gasteiger partial charge in [-0.1, -0.05) is 6.07 Å². The molecule has 0 saturated heterocycles. The molecule has 2 aliphatic rings. The molecule has 0 amide bonds. The minimum atomic E-state index is -0.156. The average Bonchev–Trinajstić information content (AvgIpc) is 3.41. The van der Waals surface area contributed by atoms with Crippen molar-refractivity contribution in [3.8, 4) is 5.88 Å². The van der Waals surface area contributed by atoms with Crippen LogP contribution in [0.2, 0.25) is 0 Å². The van der Waals surface area contributed by atoms with Crippen LogP contribution in [0, 0.1) is 19.8 Å². The molecule has 0 unspecified atom stereocenters. The first kappa shape index (κ1) is 17.4. The summed E-state index contributed by atoms with van der Waals surface area (Å²) in [5, 5.41) is 9.76. The Morgan fingerprint density at radius 1 is 1.08 bits per heavy atom. The molecule has 5 nitrogen and oxygen atoms in total. The lowest BCUT2D eigenvalue weighted by Crippen LogP contribution is -2.18. The summed E-state index contributed by atoms with van der Waals surface area (Å²) in [6.45, 7) is 4.64. The van der Waals surface area contributed by atoms with Crippen molar-refractivity contribution < 1.29 is 9.84 Å². The zero-order chi connectivity index (χ0) is 18.1. The molecule has 0 radical (unpaired) electrons. The van der Waals surface area contributed by atoms with Crippen molar-refractivity contribution in [3.63, 3.8) is 0 Å². The molecular weight excluding hydrogens is 326 g/mol. The van der Waals surface area contributed by atoms with E-state index in [0.717, 1.165) is 49.4 Å². The third-order valence-electron chi connectivity index (χ3n) is 5.71. The highest BCUT2D eigenvalue weighted by Crippen LogP contribution is 2.47. The average molecular weight is 353 g/mol. The van der Waals surface area contributed by atoms with Gasteiger partial charge in [0.25, 0.3) is 0 Å². The minimum Gasteiger partial charge on any atom is -0.477 e. The number of nitrogens with zero attached hydrogens (tertiary/aromatic N) is 3. The van der Waals surface area contributed by atoms with Crippen molar-refractivity contribution in [2.45, 2.75) is 63.9 Å². The van der Waals surface area contributed by atoms with Crippen LogP contribution in [0.1, 0.15) is 66.6 Å². The number of ether oxygens (including phenoxy) is 1. The van der Waals surface area contributed by atoms with Gasteiger partial charge >= 0.3 is 0 Å². The molecule has 0 aromatic carbocycles. The number of hydrogen-bond acceptors (Lipinski definition) is 5. The zero-order valence-electron chi connectivity index (χ0n) is 15.6. The van der Waals surface area contributed by atoms with Gasteiger partial charge < -0.3 is 9.84 Å². The number of hydrogen-bond donors (Lipinski definition) is 1. The SMILES string of the molecule is Cc1ccc([C@H]2C[C@@H]2COc2nc(C)ncc2[C@H]2CC[C@H](O)CC2)nc1. The van der Waals surface area contributed by atoms with E-state index in [1.807, 2.05) is 19.3 Å². The van der Waals surface area contributed by atoms with Crippen molar-refractivity contribution in [3.05, 3.63) is 47.2 Å². The predicted molar refractivity (Wildman–Crippen MR) is 99.3 cm³/mol. The van der Waals surface area contributed by atoms with Crippen molar-refractivity contribution >= 4 is 0 Å². The first-order chi connectivity index (χ1) is 12.6. The van der Waals surface area contributed by atoms with E-state index >= 15 is 0 Å². The quantitative estimate of drug-likeness (QED) is 0.888. The number of aliphatic hydroxyl groups excluding tert-OH is 1. The van der Waals surface area contributed by atoms with Crippen molar-refractivity contribution in [1.82, 2.24) is 15.0 Å². The van der Waals surface area contributed by atoms with Crippen molar-refractivity contribution in [2.24, 2.45) is 5.92 Å². The van der Waals surface area contributed by atoms with Crippen molar-refractivity contribution in [1.29, 1.82) is 0 Å². The van der Waals surface area contributed by atoms with Gasteiger partial charge in [-0.2, -0.15) is 4.98 Å². The van der Waals surface area contributed by atoms with E-state index < -0.39 is 0 Å². The van der Waals surface area contributed by atoms with Crippen LogP contribution in [-0.4, -0.2) is 32.8 Å². The van der Waals surface area contributed by atoms with Crippen LogP contribution in [0.4, 0.5) is 0 Å². The Morgan fingerprint density at radius 2 is 1.88 bits per heavy atom. The fourth-order valence-corrected chi connectivity index (χ4v) is 3.92. The molecule has 5 heteroatoms. The Kier molecular flexibility index (Phi) is 4.90. The molecule has 0 spiro atoms. The number of aromatic nitrogens is 3. The summed E-state index contributed by atoms with van der Waals surface area (Å²) in [6, 6.07) is 4.26. The molecule has 4 rings (SSSR count). The summed E-state index contributed by atoms with van der Waals surface area (Å²) in [4.78, 5) is 13.5. The Hall–Kier alpha value is -2.01. The van der Waals surface area contributed by atoms with Crippen LogP contribution in [0.3, 0.4) is 0 Å². The highest BCUT2D eigenvalue weighted by atomic mass is 16.5. The van der Waals surface area contributed by atoms with Crippen LogP contribution in [-0.2, 0) is 0 Å². The van der Waals surface area contributed by atoms with E-state index in [4.69, 9.17) is 4.74 Å². The summed E-state index contributed by atoms with van der Waals surface area (Å²) < 4.78 is 6.16. The highest BCUT2D eigenvalue weighted by molar-refractivity contribution is 5.29. The maximum absolute atomic E-state index is 9.76. The van der Waals surface area contributed by atoms with Crippen LogP contribution < -0.4 is 4.74 Å². The number of aryl methyl sites for hydroxylation is 2. The van der Waals surface area contributed by atoms with E-state index in [2.05, 4.69) is 34.0 Å². The Bertz CT molecular complexity index is 754. The third-order valence-corrected chi connectivity index (χ3v) is 5.71. The first-order valence-corrected chi connectivity index (χ1v) is 9.67. The fourth-order valence-electron chi connectivity index (χ4n) is 3.92. The molecule has 2 aliphatic carbocycles. The fraction of sp³-hybridized carbons (Fsp3) is 0.571. The summed E-state index contributed by atoms with van der Waals surface area (Å²) >= 11 is 0. The van der Waals surface area contributed by atoms with Gasteiger partial charge in [0, 0.05) is 35.5 Å². The monoisotopic (exact) mass is 353 g/mol.